The molecular weight excluding hydrogens is 255 g/mol. The van der Waals surface area contributed by atoms with Gasteiger partial charge in [0.1, 0.15) is 0 Å². The first-order valence-corrected chi connectivity index (χ1v) is 0.866. The summed E-state index contributed by atoms with van der Waals surface area (Å²) in [6, 6.07) is 0. The van der Waals surface area contributed by atoms with Gasteiger partial charge in [0.15, 0.2) is 0 Å². The van der Waals surface area contributed by atoms with E-state index in [2.05, 4.69) is 0 Å². The first-order chi connectivity index (χ1) is 1.00. The van der Waals surface area contributed by atoms with Crippen LogP contribution in [0.2, 0.25) is 0 Å². The van der Waals surface area contributed by atoms with Crippen molar-refractivity contribution in [3.8, 4) is 0 Å². The maximum atomic E-state index is 8.12. The molecule has 0 atom stereocenters. The van der Waals surface area contributed by atoms with Crippen molar-refractivity contribution < 1.29 is 6.69 Å². The number of hydrogen-bond donors (Lipinski definition) is 0. The van der Waals surface area contributed by atoms with Crippen LogP contribution in [0.15, 0.2) is 0 Å². The quantitative estimate of drug-likeness (QED) is 0.456. The molecule has 0 spiro atoms. The fraction of sp³-hybridized carbons (Fsp3) is 0. The topological polar surface area (TPSA) is 17.1 Å². The Bertz CT molecular complexity index is 13.5. The summed E-state index contributed by atoms with van der Waals surface area (Å²) in [5, 5.41) is 0. The van der Waals surface area contributed by atoms with Gasteiger partial charge in [-0.3, -0.25) is 0 Å². The van der Waals surface area contributed by atoms with Crippen LogP contribution in [0.4, 0.5) is 0 Å². The molecule has 24 valence electrons. The van der Waals surface area contributed by atoms with Gasteiger partial charge >= 0.3 is 82.9 Å². The molecule has 0 aliphatic carbocycles. The van der Waals surface area contributed by atoms with E-state index in [1.807, 2.05) is 0 Å². The third-order valence-corrected chi connectivity index (χ3v) is 0. The van der Waals surface area contributed by atoms with E-state index in [9.17, 15) is 0 Å². The average Bonchev–Trinajstić information content (AvgIpc) is 1.00. The van der Waals surface area contributed by atoms with Gasteiger partial charge in [0.2, 0.25) is 0 Å². The molecule has 0 fully saturated rings. The van der Waals surface area contributed by atoms with Crippen molar-refractivity contribution in [2.24, 2.45) is 0 Å². The maximum Gasteiger partial charge on any atom is 2.00 e. The third kappa shape index (κ3) is 8.84. The van der Waals surface area contributed by atoms with Gasteiger partial charge in [0.05, 0.1) is 0 Å². The van der Waals surface area contributed by atoms with E-state index in [1.165, 1.54) is 15.9 Å². The third-order valence-electron chi connectivity index (χ3n) is 0. The molecule has 4 heteroatoms. The molecule has 0 radical (unpaired) electrons. The predicted octanol–water partition coefficient (Wildman–Crippen LogP) is -2.11. The Kier molecular flexibility index (Phi) is 74.4. The Labute approximate surface area is 84.1 Å². The van der Waals surface area contributed by atoms with E-state index in [0.29, 0.717) is 0 Å². The van der Waals surface area contributed by atoms with Crippen LogP contribution in [-0.2, 0) is 3.83 Å². The van der Waals surface area contributed by atoms with Crippen molar-refractivity contribution in [3.05, 3.63) is 0 Å². The van der Waals surface area contributed by atoms with Crippen molar-refractivity contribution in [2.75, 3.05) is 0 Å². The first-order valence-electron chi connectivity index (χ1n) is 0.167. The Balaban J connectivity index is -0.000000000833. The van der Waals surface area contributed by atoms with E-state index in [4.69, 9.17) is 3.83 Å². The maximum absolute atomic E-state index is 8.12. The normalized spacial score (nSPS) is 1.00. The second kappa shape index (κ2) is 18.4. The zero-order valence-electron chi connectivity index (χ0n) is 3.52. The summed E-state index contributed by atoms with van der Waals surface area (Å²) in [4.78, 5) is 0. The monoisotopic (exact) mass is 264 g/mol. The van der Waals surface area contributed by atoms with Gasteiger partial charge in [-0.2, -0.15) is 0 Å². The van der Waals surface area contributed by atoms with Crippen molar-refractivity contribution in [1.82, 2.24) is 0 Å². The molecule has 4 heavy (non-hydrogen) atoms. The van der Waals surface area contributed by atoms with E-state index in [-0.39, 0.29) is 65.9 Å². The standard InChI is InChI=1S/GeH4.OSe.Sr.2H/c;1-2;;;/h1H4;;;;/q;;+2;2*-1. The second-order valence-corrected chi connectivity index (χ2v) is 0. The van der Waals surface area contributed by atoms with Crippen LogP contribution in [0, 0.1) is 0 Å². The summed E-state index contributed by atoms with van der Waals surface area (Å²) in [7, 11) is 0. The van der Waals surface area contributed by atoms with Gasteiger partial charge in [0.25, 0.3) is 0 Å². The molecule has 0 amide bonds. The average molecular weight is 261 g/mol. The zero-order valence-corrected chi connectivity index (χ0v) is 6.71. The fourth-order valence-electron chi connectivity index (χ4n) is 0. The molecular formula is H6GeOSeSr. The van der Waals surface area contributed by atoms with Crippen LogP contribution in [0.5, 0.6) is 0 Å². The Hall–Kier alpha value is 2.34. The second-order valence-electron chi connectivity index (χ2n) is 0. The minimum Gasteiger partial charge on any atom is -1.00 e. The van der Waals surface area contributed by atoms with Crippen molar-refractivity contribution in [2.45, 2.75) is 0 Å². The summed E-state index contributed by atoms with van der Waals surface area (Å²) in [6.07, 6.45) is 0. The first kappa shape index (κ1) is 16.2. The van der Waals surface area contributed by atoms with Crippen molar-refractivity contribution >= 4 is 79.0 Å². The Morgan fingerprint density at radius 2 is 1.50 bits per heavy atom. The van der Waals surface area contributed by atoms with Gasteiger partial charge in [0, 0.05) is 0 Å². The Morgan fingerprint density at radius 3 is 1.50 bits per heavy atom. The molecule has 0 saturated heterocycles. The summed E-state index contributed by atoms with van der Waals surface area (Å²) in [5.74, 6) is 0. The minimum atomic E-state index is 0. The summed E-state index contributed by atoms with van der Waals surface area (Å²) in [6.45, 7) is 0. The summed E-state index contributed by atoms with van der Waals surface area (Å²) >= 11 is 1.38. The Morgan fingerprint density at radius 1 is 1.50 bits per heavy atom. The molecule has 0 bridgehead atoms. The van der Waals surface area contributed by atoms with Crippen LogP contribution in [0.1, 0.15) is 2.85 Å². The van der Waals surface area contributed by atoms with Crippen LogP contribution in [0.3, 0.4) is 0 Å². The van der Waals surface area contributed by atoms with Crippen LogP contribution >= 0.6 is 0 Å². The van der Waals surface area contributed by atoms with Crippen LogP contribution < -0.4 is 0 Å². The smallest absolute Gasteiger partial charge is 1.00 e. The molecule has 0 rings (SSSR count). The van der Waals surface area contributed by atoms with Gasteiger partial charge in [-0.05, 0) is 0 Å². The molecule has 0 N–H and O–H groups in total. The van der Waals surface area contributed by atoms with Gasteiger partial charge in [-0.15, -0.1) is 0 Å². The number of rotatable bonds is 0. The van der Waals surface area contributed by atoms with Gasteiger partial charge in [-0.25, -0.2) is 0 Å². The minimum absolute atomic E-state index is 0. The molecule has 0 aromatic heterocycles. The molecule has 0 aromatic rings. The zero-order chi connectivity index (χ0) is 2.00. The largest absolute Gasteiger partial charge is 2.00 e. The van der Waals surface area contributed by atoms with E-state index >= 15 is 0 Å². The summed E-state index contributed by atoms with van der Waals surface area (Å²) < 4.78 is 8.12. The van der Waals surface area contributed by atoms with E-state index < -0.39 is 0 Å². The predicted molar refractivity (Wildman–Crippen MR) is 25.8 cm³/mol. The molecule has 0 heterocycles. The molecule has 0 saturated carbocycles. The van der Waals surface area contributed by atoms with Crippen molar-refractivity contribution in [1.29, 1.82) is 0 Å². The molecule has 0 aliphatic rings. The summed E-state index contributed by atoms with van der Waals surface area (Å²) in [5.41, 5.74) is 0. The molecule has 0 aliphatic heterocycles. The SMILES string of the molecule is O=[Se].[GeH4].[H-].[H-].[Sr+2]. The van der Waals surface area contributed by atoms with E-state index in [1.54, 1.807) is 0 Å². The molecule has 1 nitrogen and oxygen atoms in total. The van der Waals surface area contributed by atoms with Crippen LogP contribution in [-0.4, -0.2) is 79.0 Å². The number of hydrogen-bond acceptors (Lipinski definition) is 1. The van der Waals surface area contributed by atoms with Gasteiger partial charge in [-0.1, -0.05) is 0 Å². The molecule has 0 unspecified atom stereocenters. The molecule has 0 aromatic carbocycles. The fourth-order valence-corrected chi connectivity index (χ4v) is 0. The van der Waals surface area contributed by atoms with Gasteiger partial charge < -0.3 is 2.85 Å². The van der Waals surface area contributed by atoms with Crippen LogP contribution in [0.25, 0.3) is 0 Å². The van der Waals surface area contributed by atoms with E-state index in [0.717, 1.165) is 0 Å². The van der Waals surface area contributed by atoms with Crippen molar-refractivity contribution in [3.63, 3.8) is 0 Å².